The number of aryl methyl sites for hydroxylation is 2. The molecule has 0 saturated heterocycles. The summed E-state index contributed by atoms with van der Waals surface area (Å²) in [5.74, 6) is -0.560. The van der Waals surface area contributed by atoms with E-state index >= 15 is 0 Å². The van der Waals surface area contributed by atoms with Crippen molar-refractivity contribution in [3.63, 3.8) is 0 Å². The number of aromatic nitrogens is 1. The van der Waals surface area contributed by atoms with Crippen molar-refractivity contribution in [1.82, 2.24) is 4.57 Å². The Bertz CT molecular complexity index is 1540. The van der Waals surface area contributed by atoms with Gasteiger partial charge in [0.1, 0.15) is 6.54 Å². The second-order valence-corrected chi connectivity index (χ2v) is 9.95. The number of hydrogen-bond acceptors (Lipinski definition) is 5. The SMILES string of the molecule is CCn1c2ccccc2c2cc(NC(=O)CN(c3cc([N+](=O)[O-])ccc3C)S(C)(=O)=O)ccc21. The lowest BCUT2D eigenvalue weighted by molar-refractivity contribution is -0.384. The molecular weight excluding hydrogens is 456 g/mol. The largest absolute Gasteiger partial charge is 0.341 e. The first-order valence-electron chi connectivity index (χ1n) is 10.6. The number of carbonyl (C=O) groups is 1. The molecule has 3 aromatic carbocycles. The summed E-state index contributed by atoms with van der Waals surface area (Å²) in [4.78, 5) is 23.5. The van der Waals surface area contributed by atoms with Crippen LogP contribution >= 0.6 is 0 Å². The van der Waals surface area contributed by atoms with Gasteiger partial charge in [0.15, 0.2) is 0 Å². The zero-order valence-electron chi connectivity index (χ0n) is 19.0. The van der Waals surface area contributed by atoms with Crippen molar-refractivity contribution in [1.29, 1.82) is 0 Å². The third kappa shape index (κ3) is 4.32. The predicted octanol–water partition coefficient (Wildman–Crippen LogP) is 4.44. The quantitative estimate of drug-likeness (QED) is 0.310. The minimum Gasteiger partial charge on any atom is -0.341 e. The average molecular weight is 481 g/mol. The number of nitrogens with one attached hydrogen (secondary N) is 1. The molecule has 0 bridgehead atoms. The minimum absolute atomic E-state index is 0.0910. The molecule has 176 valence electrons. The zero-order valence-corrected chi connectivity index (χ0v) is 19.8. The van der Waals surface area contributed by atoms with Crippen LogP contribution in [0, 0.1) is 17.0 Å². The lowest BCUT2D eigenvalue weighted by Gasteiger charge is -2.23. The van der Waals surface area contributed by atoms with E-state index in [9.17, 15) is 23.3 Å². The number of sulfonamides is 1. The summed E-state index contributed by atoms with van der Waals surface area (Å²) >= 11 is 0. The highest BCUT2D eigenvalue weighted by molar-refractivity contribution is 7.92. The third-order valence-corrected chi connectivity index (χ3v) is 6.86. The first-order valence-corrected chi connectivity index (χ1v) is 12.5. The molecule has 0 aliphatic heterocycles. The Morgan fingerprint density at radius 1 is 1.06 bits per heavy atom. The van der Waals surface area contributed by atoms with Crippen molar-refractivity contribution in [2.75, 3.05) is 22.4 Å². The molecule has 34 heavy (non-hydrogen) atoms. The van der Waals surface area contributed by atoms with Gasteiger partial charge in [-0.25, -0.2) is 8.42 Å². The van der Waals surface area contributed by atoms with Gasteiger partial charge in [0, 0.05) is 46.2 Å². The van der Waals surface area contributed by atoms with Gasteiger partial charge < -0.3 is 9.88 Å². The van der Waals surface area contributed by atoms with Crippen molar-refractivity contribution in [3.05, 3.63) is 76.3 Å². The molecule has 10 heteroatoms. The van der Waals surface area contributed by atoms with Crippen LogP contribution in [-0.4, -0.2) is 36.6 Å². The van der Waals surface area contributed by atoms with Gasteiger partial charge >= 0.3 is 0 Å². The normalized spacial score (nSPS) is 11.6. The molecular formula is C24H24N4O5S. The zero-order chi connectivity index (χ0) is 24.6. The van der Waals surface area contributed by atoms with Crippen LogP contribution in [0.25, 0.3) is 21.8 Å². The number of hydrogen-bond donors (Lipinski definition) is 1. The second kappa shape index (κ2) is 8.79. The summed E-state index contributed by atoms with van der Waals surface area (Å²) in [6.07, 6.45) is 0.963. The maximum Gasteiger partial charge on any atom is 0.271 e. The number of non-ortho nitro benzene ring substituents is 1. The summed E-state index contributed by atoms with van der Waals surface area (Å²) in [7, 11) is -3.89. The van der Waals surface area contributed by atoms with E-state index in [-0.39, 0.29) is 11.4 Å². The molecule has 0 fully saturated rings. The highest BCUT2D eigenvalue weighted by atomic mass is 32.2. The van der Waals surface area contributed by atoms with Crippen molar-refractivity contribution >= 4 is 54.8 Å². The molecule has 1 heterocycles. The Labute approximate surface area is 196 Å². The number of carbonyl (C=O) groups excluding carboxylic acids is 1. The Morgan fingerprint density at radius 2 is 1.76 bits per heavy atom. The van der Waals surface area contributed by atoms with Gasteiger partial charge in [-0.05, 0) is 43.7 Å². The van der Waals surface area contributed by atoms with E-state index < -0.39 is 27.4 Å². The standard InChI is InChI=1S/C24H24N4O5S/c1-4-26-21-8-6-5-7-19(21)20-13-17(10-12-22(20)26)25-24(29)15-27(34(3,32)33)23-14-18(28(30)31)11-9-16(23)2/h5-14H,4,15H2,1-3H3,(H,25,29). The molecule has 0 aliphatic rings. The van der Waals surface area contributed by atoms with Crippen LogP contribution < -0.4 is 9.62 Å². The average Bonchev–Trinajstić information content (AvgIpc) is 3.10. The molecule has 4 aromatic rings. The molecule has 0 aliphatic carbocycles. The van der Waals surface area contributed by atoms with Crippen LogP contribution in [-0.2, 0) is 21.4 Å². The van der Waals surface area contributed by atoms with E-state index in [1.165, 1.54) is 12.1 Å². The van der Waals surface area contributed by atoms with Gasteiger partial charge in [-0.3, -0.25) is 19.2 Å². The number of para-hydroxylation sites is 1. The van der Waals surface area contributed by atoms with Gasteiger partial charge in [-0.1, -0.05) is 24.3 Å². The molecule has 0 radical (unpaired) electrons. The van der Waals surface area contributed by atoms with Crippen LogP contribution in [0.1, 0.15) is 12.5 Å². The van der Waals surface area contributed by atoms with E-state index in [4.69, 9.17) is 0 Å². The fourth-order valence-electron chi connectivity index (χ4n) is 4.16. The number of nitro benzene ring substituents is 1. The Hall–Kier alpha value is -3.92. The van der Waals surface area contributed by atoms with Crippen LogP contribution in [0.2, 0.25) is 0 Å². The number of nitro groups is 1. The summed E-state index contributed by atoms with van der Waals surface area (Å²) in [6, 6.07) is 17.5. The molecule has 1 amide bonds. The predicted molar refractivity (Wildman–Crippen MR) is 134 cm³/mol. The number of fused-ring (bicyclic) bond motifs is 3. The van der Waals surface area contributed by atoms with Crippen LogP contribution in [0.15, 0.2) is 60.7 Å². The van der Waals surface area contributed by atoms with E-state index in [1.54, 1.807) is 13.0 Å². The molecule has 1 aromatic heterocycles. The van der Waals surface area contributed by atoms with E-state index in [0.717, 1.165) is 45.0 Å². The summed E-state index contributed by atoms with van der Waals surface area (Å²) in [5, 5.41) is 16.0. The number of rotatable bonds is 7. The van der Waals surface area contributed by atoms with Crippen molar-refractivity contribution in [2.24, 2.45) is 0 Å². The fourth-order valence-corrected chi connectivity index (χ4v) is 5.07. The maximum atomic E-state index is 12.9. The summed E-state index contributed by atoms with van der Waals surface area (Å²) in [5.41, 5.74) is 2.98. The summed E-state index contributed by atoms with van der Waals surface area (Å²) < 4.78 is 28.0. The van der Waals surface area contributed by atoms with Crippen molar-refractivity contribution < 1.29 is 18.1 Å². The molecule has 9 nitrogen and oxygen atoms in total. The van der Waals surface area contributed by atoms with E-state index in [2.05, 4.69) is 16.8 Å². The van der Waals surface area contributed by atoms with Crippen LogP contribution in [0.5, 0.6) is 0 Å². The highest BCUT2D eigenvalue weighted by Crippen LogP contribution is 2.31. The summed E-state index contributed by atoms with van der Waals surface area (Å²) in [6.45, 7) is 3.97. The van der Waals surface area contributed by atoms with Gasteiger partial charge in [0.2, 0.25) is 15.9 Å². The third-order valence-electron chi connectivity index (χ3n) is 5.73. The Balaban J connectivity index is 1.66. The fraction of sp³-hybridized carbons (Fsp3) is 0.208. The maximum absolute atomic E-state index is 12.9. The lowest BCUT2D eigenvalue weighted by Crippen LogP contribution is -2.37. The van der Waals surface area contributed by atoms with Gasteiger partial charge in [-0.15, -0.1) is 0 Å². The number of benzene rings is 3. The van der Waals surface area contributed by atoms with Gasteiger partial charge in [0.05, 0.1) is 16.9 Å². The first-order chi connectivity index (χ1) is 16.1. The van der Waals surface area contributed by atoms with Gasteiger partial charge in [0.25, 0.3) is 5.69 Å². The Kier molecular flexibility index (Phi) is 6.01. The minimum atomic E-state index is -3.89. The van der Waals surface area contributed by atoms with Crippen LogP contribution in [0.3, 0.4) is 0 Å². The number of amides is 1. The van der Waals surface area contributed by atoms with Gasteiger partial charge in [-0.2, -0.15) is 0 Å². The van der Waals surface area contributed by atoms with Crippen molar-refractivity contribution in [3.8, 4) is 0 Å². The molecule has 0 unspecified atom stereocenters. The molecule has 1 N–H and O–H groups in total. The molecule has 4 rings (SSSR count). The topological polar surface area (TPSA) is 115 Å². The van der Waals surface area contributed by atoms with Crippen molar-refractivity contribution in [2.45, 2.75) is 20.4 Å². The Morgan fingerprint density at radius 3 is 2.44 bits per heavy atom. The number of nitrogens with zero attached hydrogens (tertiary/aromatic N) is 3. The van der Waals surface area contributed by atoms with Crippen LogP contribution in [0.4, 0.5) is 17.1 Å². The smallest absolute Gasteiger partial charge is 0.271 e. The second-order valence-electron chi connectivity index (χ2n) is 8.04. The van der Waals surface area contributed by atoms with E-state index in [1.807, 2.05) is 36.4 Å². The van der Waals surface area contributed by atoms with E-state index in [0.29, 0.717) is 11.3 Å². The number of anilines is 2. The molecule has 0 spiro atoms. The highest BCUT2D eigenvalue weighted by Gasteiger charge is 2.24. The first kappa shape index (κ1) is 23.2. The lowest BCUT2D eigenvalue weighted by atomic mass is 10.1. The monoisotopic (exact) mass is 480 g/mol. The molecule has 0 atom stereocenters. The molecule has 0 saturated carbocycles.